The van der Waals surface area contributed by atoms with Gasteiger partial charge < -0.3 is 4.74 Å². The number of allylic oxidation sites excluding steroid dienone is 3. The second kappa shape index (κ2) is 6.72. The Morgan fingerprint density at radius 2 is 2.21 bits per heavy atom. The fourth-order valence-corrected chi connectivity index (χ4v) is 2.64. The third kappa shape index (κ3) is 3.57. The van der Waals surface area contributed by atoms with E-state index in [0.29, 0.717) is 0 Å². The SMILES string of the molecule is C/C=C(\C=C/C(C)OC1CCc2ccccc21)CC. The van der Waals surface area contributed by atoms with Crippen molar-refractivity contribution in [3.63, 3.8) is 0 Å². The average Bonchev–Trinajstić information content (AvgIpc) is 2.83. The molecular formula is C18H24O. The standard InChI is InChI=1S/C18H24O/c1-4-15(5-2)11-10-14(3)19-18-13-12-16-8-6-7-9-17(16)18/h4,6-11,14,18H,5,12-13H2,1-3H3/b11-10-,15-4-. The van der Waals surface area contributed by atoms with E-state index in [1.165, 1.54) is 16.7 Å². The van der Waals surface area contributed by atoms with Gasteiger partial charge in [-0.25, -0.2) is 0 Å². The largest absolute Gasteiger partial charge is 0.366 e. The van der Waals surface area contributed by atoms with Gasteiger partial charge in [0.1, 0.15) is 0 Å². The highest BCUT2D eigenvalue weighted by molar-refractivity contribution is 5.33. The van der Waals surface area contributed by atoms with Crippen molar-refractivity contribution < 1.29 is 4.74 Å². The Labute approximate surface area is 117 Å². The zero-order valence-corrected chi connectivity index (χ0v) is 12.2. The van der Waals surface area contributed by atoms with Crippen LogP contribution in [0.5, 0.6) is 0 Å². The van der Waals surface area contributed by atoms with E-state index in [0.717, 1.165) is 19.3 Å². The number of fused-ring (bicyclic) bond motifs is 1. The molecule has 0 bridgehead atoms. The molecule has 0 saturated heterocycles. The molecule has 102 valence electrons. The molecule has 2 atom stereocenters. The first-order chi connectivity index (χ1) is 9.24. The molecule has 0 amide bonds. The van der Waals surface area contributed by atoms with E-state index in [4.69, 9.17) is 4.74 Å². The Hall–Kier alpha value is -1.34. The predicted molar refractivity (Wildman–Crippen MR) is 81.2 cm³/mol. The van der Waals surface area contributed by atoms with E-state index < -0.39 is 0 Å². The third-order valence-electron chi connectivity index (χ3n) is 3.82. The maximum atomic E-state index is 6.16. The van der Waals surface area contributed by atoms with Crippen LogP contribution in [-0.4, -0.2) is 6.10 Å². The highest BCUT2D eigenvalue weighted by Crippen LogP contribution is 2.34. The Balaban J connectivity index is 1.96. The van der Waals surface area contributed by atoms with Gasteiger partial charge in [-0.05, 0) is 44.2 Å². The van der Waals surface area contributed by atoms with Crippen LogP contribution in [0, 0.1) is 0 Å². The van der Waals surface area contributed by atoms with E-state index >= 15 is 0 Å². The molecule has 0 spiro atoms. The van der Waals surface area contributed by atoms with E-state index in [1.807, 2.05) is 0 Å². The summed E-state index contributed by atoms with van der Waals surface area (Å²) >= 11 is 0. The Kier molecular flexibility index (Phi) is 4.98. The highest BCUT2D eigenvalue weighted by atomic mass is 16.5. The van der Waals surface area contributed by atoms with Gasteiger partial charge >= 0.3 is 0 Å². The van der Waals surface area contributed by atoms with Crippen LogP contribution >= 0.6 is 0 Å². The number of hydrogen-bond donors (Lipinski definition) is 0. The number of hydrogen-bond acceptors (Lipinski definition) is 1. The van der Waals surface area contributed by atoms with Gasteiger partial charge in [0.15, 0.2) is 0 Å². The van der Waals surface area contributed by atoms with Gasteiger partial charge in [0, 0.05) is 0 Å². The van der Waals surface area contributed by atoms with Crippen molar-refractivity contribution in [2.75, 3.05) is 0 Å². The van der Waals surface area contributed by atoms with Crippen molar-refractivity contribution in [1.29, 1.82) is 0 Å². The van der Waals surface area contributed by atoms with E-state index in [-0.39, 0.29) is 12.2 Å². The molecule has 1 heteroatoms. The van der Waals surface area contributed by atoms with Crippen molar-refractivity contribution in [1.82, 2.24) is 0 Å². The number of benzene rings is 1. The van der Waals surface area contributed by atoms with Crippen molar-refractivity contribution in [2.24, 2.45) is 0 Å². The molecule has 1 nitrogen and oxygen atoms in total. The average molecular weight is 256 g/mol. The van der Waals surface area contributed by atoms with Gasteiger partial charge in [0.05, 0.1) is 12.2 Å². The Bertz CT molecular complexity index is 470. The second-order valence-corrected chi connectivity index (χ2v) is 5.14. The van der Waals surface area contributed by atoms with Gasteiger partial charge in [0.2, 0.25) is 0 Å². The molecule has 0 aliphatic heterocycles. The van der Waals surface area contributed by atoms with Crippen molar-refractivity contribution in [2.45, 2.75) is 52.2 Å². The minimum absolute atomic E-state index is 0.164. The summed E-state index contributed by atoms with van der Waals surface area (Å²) in [7, 11) is 0. The highest BCUT2D eigenvalue weighted by Gasteiger charge is 2.23. The molecule has 19 heavy (non-hydrogen) atoms. The molecule has 2 unspecified atom stereocenters. The molecule has 1 aliphatic rings. The number of rotatable bonds is 5. The predicted octanol–water partition coefficient (Wildman–Crippen LogP) is 4.99. The number of ether oxygens (including phenoxy) is 1. The van der Waals surface area contributed by atoms with Crippen LogP contribution in [0.15, 0.2) is 48.1 Å². The fourth-order valence-electron chi connectivity index (χ4n) is 2.64. The minimum atomic E-state index is 0.164. The molecule has 1 aromatic rings. The van der Waals surface area contributed by atoms with Gasteiger partial charge in [-0.15, -0.1) is 0 Å². The molecule has 0 radical (unpaired) electrons. The first kappa shape index (κ1) is 14.1. The summed E-state index contributed by atoms with van der Waals surface area (Å²) in [5.41, 5.74) is 4.19. The molecular weight excluding hydrogens is 232 g/mol. The van der Waals surface area contributed by atoms with Crippen LogP contribution < -0.4 is 0 Å². The monoisotopic (exact) mass is 256 g/mol. The van der Waals surface area contributed by atoms with Crippen molar-refractivity contribution >= 4 is 0 Å². The van der Waals surface area contributed by atoms with Crippen LogP contribution in [0.4, 0.5) is 0 Å². The molecule has 0 saturated carbocycles. The van der Waals surface area contributed by atoms with Crippen LogP contribution in [-0.2, 0) is 11.2 Å². The van der Waals surface area contributed by atoms with Crippen molar-refractivity contribution in [3.05, 3.63) is 59.2 Å². The summed E-state index contributed by atoms with van der Waals surface area (Å²) in [6.45, 7) is 6.39. The van der Waals surface area contributed by atoms with Gasteiger partial charge in [-0.2, -0.15) is 0 Å². The van der Waals surface area contributed by atoms with Gasteiger partial charge in [-0.3, -0.25) is 0 Å². The van der Waals surface area contributed by atoms with Crippen LogP contribution in [0.2, 0.25) is 0 Å². The summed E-state index contributed by atoms with van der Waals surface area (Å²) in [6, 6.07) is 8.64. The quantitative estimate of drug-likeness (QED) is 0.674. The molecule has 1 aliphatic carbocycles. The maximum Gasteiger partial charge on any atom is 0.0838 e. The van der Waals surface area contributed by atoms with Crippen LogP contribution in [0.25, 0.3) is 0 Å². The topological polar surface area (TPSA) is 9.23 Å². The zero-order valence-electron chi connectivity index (χ0n) is 12.2. The van der Waals surface area contributed by atoms with E-state index in [1.54, 1.807) is 0 Å². The van der Waals surface area contributed by atoms with E-state index in [2.05, 4.69) is 63.3 Å². The first-order valence-corrected chi connectivity index (χ1v) is 7.31. The maximum absolute atomic E-state index is 6.16. The van der Waals surface area contributed by atoms with Crippen LogP contribution in [0.3, 0.4) is 0 Å². The lowest BCUT2D eigenvalue weighted by atomic mass is 10.1. The molecule has 2 rings (SSSR count). The third-order valence-corrected chi connectivity index (χ3v) is 3.82. The van der Waals surface area contributed by atoms with Gasteiger partial charge in [0.25, 0.3) is 0 Å². The Morgan fingerprint density at radius 1 is 1.42 bits per heavy atom. The smallest absolute Gasteiger partial charge is 0.0838 e. The second-order valence-electron chi connectivity index (χ2n) is 5.14. The molecule has 1 aromatic carbocycles. The molecule has 0 N–H and O–H groups in total. The number of aryl methyl sites for hydroxylation is 1. The lowest BCUT2D eigenvalue weighted by Crippen LogP contribution is -2.09. The summed E-state index contributed by atoms with van der Waals surface area (Å²) in [6.07, 6.45) is 10.3. The summed E-state index contributed by atoms with van der Waals surface area (Å²) in [5.74, 6) is 0. The molecule has 0 fully saturated rings. The van der Waals surface area contributed by atoms with Crippen LogP contribution in [0.1, 0.15) is 50.8 Å². The van der Waals surface area contributed by atoms with Gasteiger partial charge in [-0.1, -0.05) is 55.0 Å². The lowest BCUT2D eigenvalue weighted by Gasteiger charge is -2.17. The van der Waals surface area contributed by atoms with Crippen molar-refractivity contribution in [3.8, 4) is 0 Å². The minimum Gasteiger partial charge on any atom is -0.366 e. The molecule has 0 aromatic heterocycles. The molecule has 0 heterocycles. The first-order valence-electron chi connectivity index (χ1n) is 7.31. The lowest BCUT2D eigenvalue weighted by molar-refractivity contribution is 0.0229. The Morgan fingerprint density at radius 3 is 2.95 bits per heavy atom. The fraction of sp³-hybridized carbons (Fsp3) is 0.444. The summed E-state index contributed by atoms with van der Waals surface area (Å²) < 4.78 is 6.16. The normalized spacial score (nSPS) is 20.8. The van der Waals surface area contributed by atoms with E-state index in [9.17, 15) is 0 Å². The zero-order chi connectivity index (χ0) is 13.7. The summed E-state index contributed by atoms with van der Waals surface area (Å²) in [4.78, 5) is 0. The summed E-state index contributed by atoms with van der Waals surface area (Å²) in [5, 5.41) is 0.